The first-order chi connectivity index (χ1) is 8.91. The molecule has 0 spiro atoms. The van der Waals surface area contributed by atoms with Gasteiger partial charge in [0.1, 0.15) is 5.82 Å². The van der Waals surface area contributed by atoms with Crippen LogP contribution in [0.1, 0.15) is 38.1 Å². The van der Waals surface area contributed by atoms with Crippen LogP contribution in [0.2, 0.25) is 0 Å². The number of carbonyl (C=O) groups is 1. The monoisotopic (exact) mass is 266 g/mol. The number of rotatable bonds is 6. The van der Waals surface area contributed by atoms with Crippen molar-refractivity contribution in [3.05, 3.63) is 35.6 Å². The molecule has 106 valence electrons. The van der Waals surface area contributed by atoms with Gasteiger partial charge in [0.2, 0.25) is 0 Å². The Morgan fingerprint density at radius 1 is 1.16 bits per heavy atom. The molecule has 1 aromatic carbocycles. The van der Waals surface area contributed by atoms with Gasteiger partial charge in [-0.05, 0) is 52.0 Å². The number of carbonyl (C=O) groups excluding carboxylic acids is 1. The number of hydrogen-bond donors (Lipinski definition) is 1. The van der Waals surface area contributed by atoms with Gasteiger partial charge in [-0.25, -0.2) is 4.39 Å². The van der Waals surface area contributed by atoms with Gasteiger partial charge in [0.25, 0.3) is 5.91 Å². The van der Waals surface area contributed by atoms with Crippen LogP contribution >= 0.6 is 0 Å². The van der Waals surface area contributed by atoms with Gasteiger partial charge >= 0.3 is 0 Å². The van der Waals surface area contributed by atoms with Crippen LogP contribution in [0.15, 0.2) is 24.3 Å². The third-order valence-corrected chi connectivity index (χ3v) is 3.09. The molecule has 1 rings (SSSR count). The lowest BCUT2D eigenvalue weighted by Gasteiger charge is -2.30. The Balaban J connectivity index is 2.44. The van der Waals surface area contributed by atoms with Gasteiger partial charge in [0.05, 0.1) is 0 Å². The second kappa shape index (κ2) is 7.24. The van der Waals surface area contributed by atoms with E-state index in [1.54, 1.807) is 0 Å². The van der Waals surface area contributed by atoms with Crippen molar-refractivity contribution >= 4 is 5.91 Å². The molecule has 0 fully saturated rings. The van der Waals surface area contributed by atoms with Crippen LogP contribution in [0, 0.1) is 5.82 Å². The summed E-state index contributed by atoms with van der Waals surface area (Å²) in [4.78, 5) is 14.1. The number of benzene rings is 1. The summed E-state index contributed by atoms with van der Waals surface area (Å²) >= 11 is 0. The molecule has 4 heteroatoms. The topological polar surface area (TPSA) is 32.3 Å². The third-order valence-electron chi connectivity index (χ3n) is 3.09. The van der Waals surface area contributed by atoms with Crippen molar-refractivity contribution in [1.29, 1.82) is 0 Å². The molecule has 0 aliphatic rings. The molecule has 0 saturated heterocycles. The van der Waals surface area contributed by atoms with Crippen LogP contribution in [0.25, 0.3) is 0 Å². The van der Waals surface area contributed by atoms with Crippen LogP contribution in [0.5, 0.6) is 0 Å². The van der Waals surface area contributed by atoms with Crippen LogP contribution in [0.4, 0.5) is 4.39 Å². The quantitative estimate of drug-likeness (QED) is 0.858. The molecule has 19 heavy (non-hydrogen) atoms. The minimum absolute atomic E-state index is 0.160. The van der Waals surface area contributed by atoms with Crippen LogP contribution in [-0.2, 0) is 0 Å². The van der Waals surface area contributed by atoms with Gasteiger partial charge in [0.15, 0.2) is 0 Å². The molecule has 0 atom stereocenters. The van der Waals surface area contributed by atoms with E-state index < -0.39 is 0 Å². The molecule has 1 N–H and O–H groups in total. The zero-order valence-corrected chi connectivity index (χ0v) is 12.1. The van der Waals surface area contributed by atoms with Gasteiger partial charge in [-0.2, -0.15) is 0 Å². The average Bonchev–Trinajstić information content (AvgIpc) is 2.34. The van der Waals surface area contributed by atoms with Gasteiger partial charge in [-0.1, -0.05) is 0 Å². The summed E-state index contributed by atoms with van der Waals surface area (Å²) < 4.78 is 12.7. The van der Waals surface area contributed by atoms with Crippen molar-refractivity contribution in [2.45, 2.75) is 39.8 Å². The summed E-state index contributed by atoms with van der Waals surface area (Å²) in [7, 11) is 0. The van der Waals surface area contributed by atoms with E-state index in [2.05, 4.69) is 37.9 Å². The first-order valence-corrected chi connectivity index (χ1v) is 6.71. The molecule has 0 heterocycles. The van der Waals surface area contributed by atoms with Gasteiger partial charge in [-0.3, -0.25) is 9.69 Å². The van der Waals surface area contributed by atoms with E-state index in [1.165, 1.54) is 24.3 Å². The predicted octanol–water partition coefficient (Wildman–Crippen LogP) is 2.67. The van der Waals surface area contributed by atoms with E-state index in [0.717, 1.165) is 6.54 Å². The zero-order valence-electron chi connectivity index (χ0n) is 12.1. The Morgan fingerprint density at radius 2 is 1.68 bits per heavy atom. The second-order valence-corrected chi connectivity index (χ2v) is 5.19. The number of nitrogens with zero attached hydrogens (tertiary/aromatic N) is 1. The molecule has 0 unspecified atom stereocenters. The van der Waals surface area contributed by atoms with Crippen molar-refractivity contribution in [3.63, 3.8) is 0 Å². The normalized spacial score (nSPS) is 11.4. The van der Waals surface area contributed by atoms with Crippen molar-refractivity contribution in [2.75, 3.05) is 13.1 Å². The first kappa shape index (κ1) is 15.6. The van der Waals surface area contributed by atoms with E-state index in [-0.39, 0.29) is 11.7 Å². The van der Waals surface area contributed by atoms with Crippen molar-refractivity contribution in [1.82, 2.24) is 10.2 Å². The molecule has 1 aromatic rings. The molecule has 0 aliphatic heterocycles. The van der Waals surface area contributed by atoms with E-state index in [0.29, 0.717) is 24.2 Å². The molecular weight excluding hydrogens is 243 g/mol. The maximum Gasteiger partial charge on any atom is 0.251 e. The summed E-state index contributed by atoms with van der Waals surface area (Å²) in [6.07, 6.45) is 0. The summed E-state index contributed by atoms with van der Waals surface area (Å²) in [6, 6.07) is 6.47. The van der Waals surface area contributed by atoms with E-state index in [4.69, 9.17) is 0 Å². The van der Waals surface area contributed by atoms with Gasteiger partial charge in [0, 0.05) is 30.7 Å². The Kier molecular flexibility index (Phi) is 5.96. The maximum absolute atomic E-state index is 12.7. The average molecular weight is 266 g/mol. The largest absolute Gasteiger partial charge is 0.351 e. The number of amides is 1. The van der Waals surface area contributed by atoms with E-state index in [1.807, 2.05) is 0 Å². The lowest BCUT2D eigenvalue weighted by Crippen LogP contribution is -2.42. The third kappa shape index (κ3) is 4.99. The first-order valence-electron chi connectivity index (χ1n) is 6.71. The molecule has 0 bridgehead atoms. The van der Waals surface area contributed by atoms with Gasteiger partial charge in [-0.15, -0.1) is 0 Å². The molecule has 0 radical (unpaired) electrons. The van der Waals surface area contributed by atoms with E-state index >= 15 is 0 Å². The van der Waals surface area contributed by atoms with Crippen LogP contribution < -0.4 is 5.32 Å². The lowest BCUT2D eigenvalue weighted by molar-refractivity contribution is 0.0939. The zero-order chi connectivity index (χ0) is 14.4. The van der Waals surface area contributed by atoms with Crippen molar-refractivity contribution in [3.8, 4) is 0 Å². The highest BCUT2D eigenvalue weighted by atomic mass is 19.1. The fraction of sp³-hybridized carbons (Fsp3) is 0.533. The summed E-state index contributed by atoms with van der Waals surface area (Å²) in [5.74, 6) is -0.491. The van der Waals surface area contributed by atoms with Crippen LogP contribution in [-0.4, -0.2) is 36.0 Å². The molecule has 0 saturated carbocycles. The molecule has 1 amide bonds. The van der Waals surface area contributed by atoms with Crippen molar-refractivity contribution in [2.24, 2.45) is 0 Å². The van der Waals surface area contributed by atoms with Crippen molar-refractivity contribution < 1.29 is 9.18 Å². The Bertz CT molecular complexity index is 393. The lowest BCUT2D eigenvalue weighted by atomic mass is 10.2. The van der Waals surface area contributed by atoms with Gasteiger partial charge < -0.3 is 5.32 Å². The Morgan fingerprint density at radius 3 is 2.16 bits per heavy atom. The number of hydrogen-bond acceptors (Lipinski definition) is 2. The maximum atomic E-state index is 12.7. The Labute approximate surface area is 114 Å². The number of nitrogens with one attached hydrogen (secondary N) is 1. The minimum atomic E-state index is -0.331. The minimum Gasteiger partial charge on any atom is -0.351 e. The highest BCUT2D eigenvalue weighted by Gasteiger charge is 2.13. The smallest absolute Gasteiger partial charge is 0.251 e. The Hall–Kier alpha value is -1.42. The molecule has 3 nitrogen and oxygen atoms in total. The summed E-state index contributed by atoms with van der Waals surface area (Å²) in [6.45, 7) is 9.96. The number of halogens is 1. The van der Waals surface area contributed by atoms with Crippen LogP contribution in [0.3, 0.4) is 0 Å². The standard InChI is InChI=1S/C15H23FN2O/c1-11(2)18(12(3)4)10-9-17-15(19)13-5-7-14(16)8-6-13/h5-8,11-12H,9-10H2,1-4H3,(H,17,19). The predicted molar refractivity (Wildman–Crippen MR) is 75.7 cm³/mol. The fourth-order valence-corrected chi connectivity index (χ4v) is 2.11. The summed E-state index contributed by atoms with van der Waals surface area (Å²) in [5.41, 5.74) is 0.488. The fourth-order valence-electron chi connectivity index (χ4n) is 2.11. The summed E-state index contributed by atoms with van der Waals surface area (Å²) in [5, 5.41) is 2.86. The highest BCUT2D eigenvalue weighted by molar-refractivity contribution is 5.94. The molecule has 0 aliphatic carbocycles. The SMILES string of the molecule is CC(C)N(CCNC(=O)c1ccc(F)cc1)C(C)C. The highest BCUT2D eigenvalue weighted by Crippen LogP contribution is 2.04. The molecular formula is C15H23FN2O. The van der Waals surface area contributed by atoms with E-state index in [9.17, 15) is 9.18 Å². The second-order valence-electron chi connectivity index (χ2n) is 5.19. The molecule has 0 aromatic heterocycles.